The molecule has 1 atom stereocenters. The molecule has 0 unspecified atom stereocenters. The van der Waals surface area contributed by atoms with E-state index in [1.165, 1.54) is 28.6 Å². The number of piperazine rings is 1. The average molecular weight is 465 g/mol. The molecule has 2 aromatic heterocycles. The Hall–Kier alpha value is -3.30. The second kappa shape index (κ2) is 9.52. The molecule has 2 saturated heterocycles. The van der Waals surface area contributed by atoms with Gasteiger partial charge in [-0.3, -0.25) is 14.3 Å². The molecule has 1 aromatic carbocycles. The molecule has 2 fully saturated rings. The lowest BCUT2D eigenvalue weighted by Gasteiger charge is -2.35. The van der Waals surface area contributed by atoms with Gasteiger partial charge in [0.15, 0.2) is 5.82 Å². The number of anilines is 2. The smallest absolute Gasteiger partial charge is 0.255 e. The zero-order valence-corrected chi connectivity index (χ0v) is 19.5. The Morgan fingerprint density at radius 1 is 1.00 bits per heavy atom. The predicted octanol–water partition coefficient (Wildman–Crippen LogP) is 2.31. The van der Waals surface area contributed by atoms with Gasteiger partial charge in [0, 0.05) is 63.3 Å². The number of nitrogens with zero attached hydrogens (tertiary/aromatic N) is 6. The number of rotatable bonds is 4. The third-order valence-electron chi connectivity index (χ3n) is 6.64. The molecule has 178 valence electrons. The monoisotopic (exact) mass is 464 g/mol. The molecule has 0 bridgehead atoms. The third kappa shape index (κ3) is 4.53. The van der Waals surface area contributed by atoms with Crippen LogP contribution in [0.4, 0.5) is 16.0 Å². The van der Waals surface area contributed by atoms with Crippen molar-refractivity contribution in [3.63, 3.8) is 0 Å². The molecular formula is C25H29FN6O2. The van der Waals surface area contributed by atoms with E-state index in [0.717, 1.165) is 37.9 Å². The van der Waals surface area contributed by atoms with Gasteiger partial charge in [-0.2, -0.15) is 0 Å². The molecule has 0 amide bonds. The van der Waals surface area contributed by atoms with Crippen molar-refractivity contribution in [3.05, 3.63) is 70.5 Å². The van der Waals surface area contributed by atoms with Crippen LogP contribution < -0.4 is 15.4 Å². The van der Waals surface area contributed by atoms with E-state index in [2.05, 4.69) is 51.1 Å². The summed E-state index contributed by atoms with van der Waals surface area (Å²) in [5, 5.41) is 0. The zero-order valence-electron chi connectivity index (χ0n) is 19.5. The Bertz CT molecular complexity index is 1210. The lowest BCUT2D eigenvalue weighted by Crippen LogP contribution is -2.44. The lowest BCUT2D eigenvalue weighted by atomic mass is 10.1. The van der Waals surface area contributed by atoms with Crippen LogP contribution in [-0.4, -0.2) is 72.4 Å². The lowest BCUT2D eigenvalue weighted by molar-refractivity contribution is 0.0390. The Labute approximate surface area is 198 Å². The normalized spacial score (nSPS) is 19.4. The highest BCUT2D eigenvalue weighted by atomic mass is 19.1. The van der Waals surface area contributed by atoms with Crippen molar-refractivity contribution in [2.24, 2.45) is 7.05 Å². The maximum absolute atomic E-state index is 14.3. The Morgan fingerprint density at radius 2 is 1.76 bits per heavy atom. The molecule has 4 heterocycles. The van der Waals surface area contributed by atoms with Crippen LogP contribution >= 0.6 is 0 Å². The molecule has 0 radical (unpaired) electrons. The minimum absolute atomic E-state index is 0.145. The number of likely N-dealkylation sites (N-methyl/N-ethyl adjacent to an activating group) is 1. The topological polar surface area (TPSA) is 66.7 Å². The second-order valence-corrected chi connectivity index (χ2v) is 8.88. The van der Waals surface area contributed by atoms with E-state index < -0.39 is 5.82 Å². The van der Waals surface area contributed by atoms with Crippen LogP contribution in [0.25, 0.3) is 11.3 Å². The van der Waals surface area contributed by atoms with Gasteiger partial charge < -0.3 is 19.4 Å². The van der Waals surface area contributed by atoms with Crippen molar-refractivity contribution in [2.45, 2.75) is 6.10 Å². The molecule has 0 N–H and O–H groups in total. The molecule has 3 aromatic rings. The maximum atomic E-state index is 14.3. The summed E-state index contributed by atoms with van der Waals surface area (Å²) in [4.78, 5) is 27.9. The molecule has 0 saturated carbocycles. The molecule has 8 nitrogen and oxygen atoms in total. The van der Waals surface area contributed by atoms with Crippen molar-refractivity contribution in [2.75, 3.05) is 62.7 Å². The fourth-order valence-corrected chi connectivity index (χ4v) is 4.53. The zero-order chi connectivity index (χ0) is 23.7. The Kier molecular flexibility index (Phi) is 6.30. The van der Waals surface area contributed by atoms with E-state index in [1.54, 1.807) is 7.05 Å². The van der Waals surface area contributed by atoms with Crippen LogP contribution in [0.5, 0.6) is 0 Å². The number of ether oxygens (including phenoxy) is 1. The summed E-state index contributed by atoms with van der Waals surface area (Å²) in [7, 11) is 3.84. The third-order valence-corrected chi connectivity index (χ3v) is 6.64. The van der Waals surface area contributed by atoms with Gasteiger partial charge in [0.25, 0.3) is 5.56 Å². The summed E-state index contributed by atoms with van der Waals surface area (Å²) in [6.07, 6.45) is 2.48. The summed E-state index contributed by atoms with van der Waals surface area (Å²) in [6.45, 7) is 5.84. The fraction of sp³-hybridized carbons (Fsp3) is 0.400. The fourth-order valence-electron chi connectivity index (χ4n) is 4.53. The van der Waals surface area contributed by atoms with Crippen molar-refractivity contribution in [1.82, 2.24) is 19.4 Å². The molecule has 0 aliphatic carbocycles. The first-order valence-corrected chi connectivity index (χ1v) is 11.6. The van der Waals surface area contributed by atoms with E-state index in [-0.39, 0.29) is 17.2 Å². The molecule has 2 aliphatic heterocycles. The predicted molar refractivity (Wildman–Crippen MR) is 130 cm³/mol. The van der Waals surface area contributed by atoms with Crippen molar-refractivity contribution < 1.29 is 9.13 Å². The average Bonchev–Trinajstić information content (AvgIpc) is 2.87. The molecular weight excluding hydrogens is 435 g/mol. The first-order valence-electron chi connectivity index (χ1n) is 11.6. The molecule has 34 heavy (non-hydrogen) atoms. The SMILES string of the molecule is CN1CCN(c2ccc([C@H]3CN(c4nc(-c5ccncc5F)cc(=O)n4C)CCO3)cc2)CC1. The van der Waals surface area contributed by atoms with Crippen LogP contribution in [0.1, 0.15) is 11.7 Å². The van der Waals surface area contributed by atoms with Gasteiger partial charge in [-0.1, -0.05) is 12.1 Å². The van der Waals surface area contributed by atoms with E-state index in [1.807, 2.05) is 4.90 Å². The van der Waals surface area contributed by atoms with Crippen LogP contribution in [0, 0.1) is 5.82 Å². The molecule has 9 heteroatoms. The largest absolute Gasteiger partial charge is 0.370 e. The van der Waals surface area contributed by atoms with Gasteiger partial charge in [0.2, 0.25) is 5.95 Å². The number of pyridine rings is 1. The summed E-state index contributed by atoms with van der Waals surface area (Å²) >= 11 is 0. The van der Waals surface area contributed by atoms with E-state index in [4.69, 9.17) is 4.74 Å². The summed E-state index contributed by atoms with van der Waals surface area (Å²) in [5.74, 6) is -0.00411. The quantitative estimate of drug-likeness (QED) is 0.587. The first-order chi connectivity index (χ1) is 16.5. The van der Waals surface area contributed by atoms with Crippen LogP contribution in [-0.2, 0) is 11.8 Å². The highest BCUT2D eigenvalue weighted by Crippen LogP contribution is 2.28. The van der Waals surface area contributed by atoms with E-state index in [9.17, 15) is 9.18 Å². The Balaban J connectivity index is 1.36. The Morgan fingerprint density at radius 3 is 2.50 bits per heavy atom. The molecule has 0 spiro atoms. The van der Waals surface area contributed by atoms with Crippen molar-refractivity contribution in [3.8, 4) is 11.3 Å². The number of hydrogen-bond donors (Lipinski definition) is 0. The first kappa shape index (κ1) is 22.5. The number of halogens is 1. The standard InChI is InChI=1S/C25H29FN6O2/c1-29-9-11-31(12-10-29)19-5-3-18(4-6-19)23-17-32(13-14-34-23)25-28-22(15-24(33)30(25)2)20-7-8-27-16-21(20)26/h3-8,15-16,23H,9-14,17H2,1-2H3/t23-/m1/s1. The molecule has 2 aliphatic rings. The number of aromatic nitrogens is 3. The summed E-state index contributed by atoms with van der Waals surface area (Å²) in [5.41, 5.74) is 2.64. The summed E-state index contributed by atoms with van der Waals surface area (Å²) in [6, 6.07) is 11.4. The summed E-state index contributed by atoms with van der Waals surface area (Å²) < 4.78 is 21.9. The van der Waals surface area contributed by atoms with Gasteiger partial charge in [0.05, 0.1) is 25.0 Å². The number of benzene rings is 1. The van der Waals surface area contributed by atoms with Crippen molar-refractivity contribution in [1.29, 1.82) is 0 Å². The van der Waals surface area contributed by atoms with Crippen LogP contribution in [0.3, 0.4) is 0 Å². The number of hydrogen-bond acceptors (Lipinski definition) is 7. The molecule has 5 rings (SSSR count). The van der Waals surface area contributed by atoms with Crippen LogP contribution in [0.15, 0.2) is 53.6 Å². The van der Waals surface area contributed by atoms with Gasteiger partial charge in [0.1, 0.15) is 6.10 Å². The minimum Gasteiger partial charge on any atom is -0.370 e. The number of morpholine rings is 1. The van der Waals surface area contributed by atoms with Crippen LogP contribution in [0.2, 0.25) is 0 Å². The van der Waals surface area contributed by atoms with Gasteiger partial charge in [-0.25, -0.2) is 9.37 Å². The van der Waals surface area contributed by atoms with E-state index >= 15 is 0 Å². The highest BCUT2D eigenvalue weighted by molar-refractivity contribution is 5.60. The van der Waals surface area contributed by atoms with Crippen molar-refractivity contribution >= 4 is 11.6 Å². The highest BCUT2D eigenvalue weighted by Gasteiger charge is 2.26. The van der Waals surface area contributed by atoms with E-state index in [0.29, 0.717) is 31.3 Å². The van der Waals surface area contributed by atoms with Gasteiger partial charge in [-0.05, 0) is 30.8 Å². The minimum atomic E-state index is -0.505. The maximum Gasteiger partial charge on any atom is 0.255 e. The van der Waals surface area contributed by atoms with Gasteiger partial charge in [-0.15, -0.1) is 0 Å². The second-order valence-electron chi connectivity index (χ2n) is 8.88. The van der Waals surface area contributed by atoms with Gasteiger partial charge >= 0.3 is 0 Å².